The highest BCUT2D eigenvalue weighted by molar-refractivity contribution is 6.29. The second-order valence-corrected chi connectivity index (χ2v) is 7.46. The van der Waals surface area contributed by atoms with Crippen LogP contribution in [0.3, 0.4) is 0 Å². The van der Waals surface area contributed by atoms with Crippen LogP contribution in [0.1, 0.15) is 26.3 Å². The van der Waals surface area contributed by atoms with Gasteiger partial charge in [-0.15, -0.1) is 0 Å². The molecule has 0 spiro atoms. The average Bonchev–Trinajstić information content (AvgIpc) is 2.54. The molecule has 0 aliphatic heterocycles. The van der Waals surface area contributed by atoms with E-state index < -0.39 is 0 Å². The summed E-state index contributed by atoms with van der Waals surface area (Å²) in [5.74, 6) is 2.13. The van der Waals surface area contributed by atoms with E-state index in [1.165, 1.54) is 0 Å². The Morgan fingerprint density at radius 1 is 0.692 bits per heavy atom. The van der Waals surface area contributed by atoms with Crippen LogP contribution in [0.5, 0.6) is 23.3 Å². The van der Waals surface area contributed by atoms with E-state index in [9.17, 15) is 0 Å². The summed E-state index contributed by atoms with van der Waals surface area (Å²) in [4.78, 5) is 8.38. The predicted octanol–water partition coefficient (Wildman–Crippen LogP) is 6.67. The van der Waals surface area contributed by atoms with Crippen molar-refractivity contribution in [1.29, 1.82) is 0 Å². The van der Waals surface area contributed by atoms with E-state index in [0.29, 0.717) is 33.6 Å². The van der Waals surface area contributed by atoms with Gasteiger partial charge in [0.05, 0.1) is 0 Å². The molecule has 2 heterocycles. The zero-order valence-corrected chi connectivity index (χ0v) is 16.2. The van der Waals surface area contributed by atoms with Gasteiger partial charge in [-0.2, -0.15) is 0 Å². The SMILES string of the molecule is CC(C)(C)c1c(Oc2cccc(Cl)n2)cccc1Oc1cccc(Cl)n1. The summed E-state index contributed by atoms with van der Waals surface area (Å²) in [6.45, 7) is 6.25. The third kappa shape index (κ3) is 4.45. The molecule has 134 valence electrons. The van der Waals surface area contributed by atoms with Gasteiger partial charge in [-0.3, -0.25) is 0 Å². The number of hydrogen-bond acceptors (Lipinski definition) is 4. The van der Waals surface area contributed by atoms with Gasteiger partial charge >= 0.3 is 0 Å². The quantitative estimate of drug-likeness (QED) is 0.468. The van der Waals surface area contributed by atoms with Crippen molar-refractivity contribution in [2.75, 3.05) is 0 Å². The molecule has 3 aromatic rings. The van der Waals surface area contributed by atoms with Gasteiger partial charge in [0.25, 0.3) is 0 Å². The highest BCUT2D eigenvalue weighted by Crippen LogP contribution is 2.41. The maximum atomic E-state index is 6.00. The summed E-state index contributed by atoms with van der Waals surface area (Å²) in [5, 5.41) is 0.741. The first-order valence-corrected chi connectivity index (χ1v) is 8.83. The summed E-state index contributed by atoms with van der Waals surface area (Å²) < 4.78 is 12.0. The lowest BCUT2D eigenvalue weighted by atomic mass is 9.85. The molecule has 0 unspecified atom stereocenters. The Balaban J connectivity index is 2.02. The molecule has 26 heavy (non-hydrogen) atoms. The number of hydrogen-bond donors (Lipinski definition) is 0. The minimum atomic E-state index is -0.247. The van der Waals surface area contributed by atoms with Crippen LogP contribution in [0.25, 0.3) is 0 Å². The second-order valence-electron chi connectivity index (χ2n) is 6.68. The first-order chi connectivity index (χ1) is 12.3. The van der Waals surface area contributed by atoms with Crippen LogP contribution in [-0.4, -0.2) is 9.97 Å². The van der Waals surface area contributed by atoms with Gasteiger partial charge in [-0.05, 0) is 29.7 Å². The van der Waals surface area contributed by atoms with Crippen LogP contribution >= 0.6 is 23.2 Å². The van der Waals surface area contributed by atoms with E-state index in [2.05, 4.69) is 30.7 Å². The first-order valence-electron chi connectivity index (χ1n) is 8.07. The van der Waals surface area contributed by atoms with E-state index in [1.54, 1.807) is 36.4 Å². The summed E-state index contributed by atoms with van der Waals surface area (Å²) in [6.07, 6.45) is 0. The van der Waals surface area contributed by atoms with E-state index in [4.69, 9.17) is 32.7 Å². The smallest absolute Gasteiger partial charge is 0.220 e. The Morgan fingerprint density at radius 3 is 1.50 bits per heavy atom. The fraction of sp³-hybridized carbons (Fsp3) is 0.200. The van der Waals surface area contributed by atoms with Gasteiger partial charge in [-0.1, -0.05) is 62.2 Å². The molecule has 2 aromatic heterocycles. The van der Waals surface area contributed by atoms with Crippen molar-refractivity contribution in [1.82, 2.24) is 9.97 Å². The fourth-order valence-corrected chi connectivity index (χ4v) is 2.85. The Morgan fingerprint density at radius 2 is 1.12 bits per heavy atom. The van der Waals surface area contributed by atoms with Gasteiger partial charge in [0.2, 0.25) is 11.8 Å². The summed E-state index contributed by atoms with van der Waals surface area (Å²) in [7, 11) is 0. The minimum Gasteiger partial charge on any atom is -0.439 e. The summed E-state index contributed by atoms with van der Waals surface area (Å²) >= 11 is 11.9. The molecule has 0 bridgehead atoms. The monoisotopic (exact) mass is 388 g/mol. The van der Waals surface area contributed by atoms with Crippen molar-refractivity contribution < 1.29 is 9.47 Å². The van der Waals surface area contributed by atoms with Crippen molar-refractivity contribution in [3.63, 3.8) is 0 Å². The van der Waals surface area contributed by atoms with Crippen LogP contribution in [0.15, 0.2) is 54.6 Å². The number of pyridine rings is 2. The Labute approximate surface area is 162 Å². The lowest BCUT2D eigenvalue weighted by Gasteiger charge is -2.25. The zero-order valence-electron chi connectivity index (χ0n) is 14.7. The average molecular weight is 389 g/mol. The topological polar surface area (TPSA) is 44.2 Å². The molecule has 0 N–H and O–H groups in total. The van der Waals surface area contributed by atoms with E-state index in [0.717, 1.165) is 5.56 Å². The molecule has 0 fully saturated rings. The van der Waals surface area contributed by atoms with Crippen LogP contribution < -0.4 is 9.47 Å². The molecule has 0 aliphatic rings. The van der Waals surface area contributed by atoms with Crippen molar-refractivity contribution in [3.8, 4) is 23.3 Å². The van der Waals surface area contributed by atoms with Crippen LogP contribution in [0.4, 0.5) is 0 Å². The zero-order chi connectivity index (χ0) is 18.7. The minimum absolute atomic E-state index is 0.247. The third-order valence-electron chi connectivity index (χ3n) is 3.55. The predicted molar refractivity (Wildman–Crippen MR) is 104 cm³/mol. The molecular weight excluding hydrogens is 371 g/mol. The van der Waals surface area contributed by atoms with E-state index in [-0.39, 0.29) is 5.41 Å². The van der Waals surface area contributed by atoms with Crippen molar-refractivity contribution in [3.05, 3.63) is 70.5 Å². The van der Waals surface area contributed by atoms with Crippen LogP contribution in [0, 0.1) is 0 Å². The standard InChI is InChI=1S/C20H18Cl2N2O2/c1-20(2,3)19-13(25-17-11-5-9-15(21)23-17)7-4-8-14(19)26-18-12-6-10-16(22)24-18/h4-12H,1-3H3. The number of halogens is 2. The molecule has 0 atom stereocenters. The van der Waals surface area contributed by atoms with Gasteiger partial charge in [-0.25, -0.2) is 9.97 Å². The number of benzene rings is 1. The highest BCUT2D eigenvalue weighted by atomic mass is 35.5. The largest absolute Gasteiger partial charge is 0.439 e. The lowest BCUT2D eigenvalue weighted by molar-refractivity contribution is 0.408. The van der Waals surface area contributed by atoms with Crippen LogP contribution in [-0.2, 0) is 5.41 Å². The molecule has 0 saturated carbocycles. The Kier molecular flexibility index (Phi) is 5.35. The Hall–Kier alpha value is -2.30. The van der Waals surface area contributed by atoms with E-state index in [1.807, 2.05) is 18.2 Å². The number of aromatic nitrogens is 2. The van der Waals surface area contributed by atoms with Gasteiger partial charge in [0.1, 0.15) is 21.8 Å². The van der Waals surface area contributed by atoms with Crippen LogP contribution in [0.2, 0.25) is 10.3 Å². The first kappa shape index (κ1) is 18.5. The number of ether oxygens (including phenoxy) is 2. The van der Waals surface area contributed by atoms with Gasteiger partial charge in [0, 0.05) is 17.7 Å². The molecule has 6 heteroatoms. The van der Waals surface area contributed by atoms with E-state index >= 15 is 0 Å². The lowest BCUT2D eigenvalue weighted by Crippen LogP contribution is -2.14. The van der Waals surface area contributed by atoms with Crippen molar-refractivity contribution >= 4 is 23.2 Å². The molecule has 0 radical (unpaired) electrons. The second kappa shape index (κ2) is 7.52. The van der Waals surface area contributed by atoms with Gasteiger partial charge < -0.3 is 9.47 Å². The number of nitrogens with zero attached hydrogens (tertiary/aromatic N) is 2. The maximum absolute atomic E-state index is 6.00. The Bertz CT molecular complexity index is 858. The molecule has 0 aliphatic carbocycles. The summed E-state index contributed by atoms with van der Waals surface area (Å²) in [6, 6.07) is 16.1. The normalized spacial score (nSPS) is 11.3. The maximum Gasteiger partial charge on any atom is 0.220 e. The third-order valence-corrected chi connectivity index (χ3v) is 3.97. The fourth-order valence-electron chi connectivity index (χ4n) is 2.54. The number of rotatable bonds is 4. The molecule has 0 amide bonds. The van der Waals surface area contributed by atoms with Crippen molar-refractivity contribution in [2.24, 2.45) is 0 Å². The van der Waals surface area contributed by atoms with Gasteiger partial charge in [0.15, 0.2) is 0 Å². The molecule has 4 nitrogen and oxygen atoms in total. The summed E-state index contributed by atoms with van der Waals surface area (Å²) in [5.41, 5.74) is 0.645. The van der Waals surface area contributed by atoms with Crippen molar-refractivity contribution in [2.45, 2.75) is 26.2 Å². The molecule has 1 aromatic carbocycles. The molecule has 3 rings (SSSR count). The molecular formula is C20H18Cl2N2O2. The highest BCUT2D eigenvalue weighted by Gasteiger charge is 2.25. The molecule has 0 saturated heterocycles.